The molecule has 0 radical (unpaired) electrons. The number of alkyl halides is 2. The van der Waals surface area contributed by atoms with Crippen LogP contribution < -0.4 is 29.9 Å². The fourth-order valence-electron chi connectivity index (χ4n) is 17.5. The molecule has 4 aromatic heterocycles. The van der Waals surface area contributed by atoms with Gasteiger partial charge in [-0.05, 0) is 145 Å². The molecule has 0 unspecified atom stereocenters. The average molecular weight is 1390 g/mol. The first-order valence-corrected chi connectivity index (χ1v) is 35.8. The minimum absolute atomic E-state index is 0.0772. The Morgan fingerprint density at radius 2 is 1.10 bits per heavy atom. The minimum Gasteiger partial charge on any atom is -0.465 e. The monoisotopic (exact) mass is 1390 g/mol. The van der Waals surface area contributed by atoms with Crippen molar-refractivity contribution in [2.24, 2.45) is 0 Å². The van der Waals surface area contributed by atoms with Crippen molar-refractivity contribution in [3.05, 3.63) is 116 Å². The summed E-state index contributed by atoms with van der Waals surface area (Å²) >= 11 is 0. The molecule has 26 nitrogen and oxygen atoms in total. The number of carbonyl (C=O) groups excluding carboxylic acids is 2. The molecule has 10 aliphatic heterocycles. The third-order valence-corrected chi connectivity index (χ3v) is 22.6. The molecule has 8 atom stereocenters. The van der Waals surface area contributed by atoms with Crippen LogP contribution in [-0.2, 0) is 82.4 Å². The number of carboxylic acid groups (broad SMARTS) is 1. The van der Waals surface area contributed by atoms with Crippen molar-refractivity contribution < 1.29 is 56.7 Å². The molecule has 0 aliphatic carbocycles. The SMILES string of the molecule is C[C@@H]1OC[C@]2(Cc3nc(OC[C@@]45CCCN4C[C@H](F)C5)nc(N4CCCn5nc(C(=O)N(C)C)cc5C4)c3CO2)c2cc(N(C(=O)O)C(C)(C)C)ccc21.C[C@@H]1OC[C@]2(Cc3nc(OC[C@@]45CCCN4C[C@H](F)C5)nc(N4CCCn5nc(C(=O)N(C)C)cc5C4)c3CO2)c2cc(N)ccc21. The molecule has 4 saturated heterocycles. The summed E-state index contributed by atoms with van der Waals surface area (Å²) in [6.45, 7) is 17.8. The quantitative estimate of drug-likeness (QED) is 0.115. The summed E-state index contributed by atoms with van der Waals surface area (Å²) in [6, 6.07) is 15.9. The lowest BCUT2D eigenvalue weighted by molar-refractivity contribution is -0.148. The predicted octanol–water partition coefficient (Wildman–Crippen LogP) is 8.46. The molecule has 0 saturated carbocycles. The molecule has 2 spiro atoms. The standard InChI is InChI=1S/C39H51FN8O6.C34H43FN8O4/c1-24-28-10-9-26(48(36(50)51)37(2,3)4)15-30(28)39(23-52-24)18-32-29(21-54-39)33(42-35(41-32)53-22-38-11-7-13-46(38)19-25(40)17-38)45-12-8-14-47-27(20-45)16-31(43-47)34(49)44(5)6;1-21-25-7-6-23(36)12-27(25)34(20-45-21)15-29-26(18-47-34)30(38-32(37-29)46-19-33-8-4-10-42(33)16-22(35)14-33)41-9-5-11-43-24(17-41)13-28(39-43)31(44)40(2)3/h9-10,15-16,24-25H,7-8,11-14,17-23H2,1-6H3,(H,50,51);6-7,12-13,21-22H,4-5,8-11,14-20,36H2,1-3H3/t24-,25+,38-,39+;21-,22+,33-,34+/m00/s1. The second-order valence-corrected chi connectivity index (χ2v) is 30.9. The van der Waals surface area contributed by atoms with E-state index in [2.05, 4.69) is 29.8 Å². The van der Waals surface area contributed by atoms with Gasteiger partial charge in [0.05, 0.1) is 85.6 Å². The zero-order valence-electron chi connectivity index (χ0n) is 59.5. The molecule has 4 fully saturated rings. The van der Waals surface area contributed by atoms with Gasteiger partial charge in [0.1, 0.15) is 48.4 Å². The van der Waals surface area contributed by atoms with Gasteiger partial charge in [-0.25, -0.2) is 13.6 Å². The van der Waals surface area contributed by atoms with Crippen LogP contribution in [0.3, 0.4) is 0 Å². The van der Waals surface area contributed by atoms with Gasteiger partial charge in [0.15, 0.2) is 11.4 Å². The van der Waals surface area contributed by atoms with Crippen LogP contribution in [0, 0.1) is 0 Å². The first-order chi connectivity index (χ1) is 48.3. The maximum atomic E-state index is 14.7. The Morgan fingerprint density at radius 3 is 1.55 bits per heavy atom. The maximum Gasteiger partial charge on any atom is 0.412 e. The van der Waals surface area contributed by atoms with Gasteiger partial charge in [0, 0.05) is 121 Å². The third kappa shape index (κ3) is 12.7. The van der Waals surface area contributed by atoms with Crippen molar-refractivity contribution >= 4 is 40.9 Å². The first kappa shape index (κ1) is 68.6. The zero-order chi connectivity index (χ0) is 70.7. The van der Waals surface area contributed by atoms with E-state index in [1.165, 1.54) is 9.80 Å². The topological polar surface area (TPSA) is 263 Å². The van der Waals surface area contributed by atoms with Crippen LogP contribution in [0.1, 0.15) is 175 Å². The van der Waals surface area contributed by atoms with Crippen LogP contribution in [0.4, 0.5) is 36.6 Å². The van der Waals surface area contributed by atoms with Gasteiger partial charge in [-0.3, -0.25) is 33.7 Å². The number of aryl methyl sites for hydroxylation is 2. The van der Waals surface area contributed by atoms with Crippen LogP contribution >= 0.6 is 0 Å². The fourth-order valence-corrected chi connectivity index (χ4v) is 17.5. The second-order valence-electron chi connectivity index (χ2n) is 30.9. The van der Waals surface area contributed by atoms with E-state index >= 15 is 0 Å². The highest BCUT2D eigenvalue weighted by atomic mass is 19.1. The molecule has 14 heterocycles. The van der Waals surface area contributed by atoms with E-state index in [4.69, 9.17) is 54.1 Å². The van der Waals surface area contributed by atoms with Crippen molar-refractivity contribution in [3.63, 3.8) is 0 Å². The third-order valence-electron chi connectivity index (χ3n) is 22.6. The molecular weight excluding hydrogens is 1300 g/mol. The summed E-state index contributed by atoms with van der Waals surface area (Å²) in [5.74, 6) is 1.17. The fraction of sp³-hybridized carbons (Fsp3) is 0.603. The van der Waals surface area contributed by atoms with E-state index in [-0.39, 0.29) is 60.9 Å². The van der Waals surface area contributed by atoms with Gasteiger partial charge < -0.3 is 58.9 Å². The van der Waals surface area contributed by atoms with Crippen LogP contribution in [0.15, 0.2) is 48.5 Å². The maximum absolute atomic E-state index is 14.7. The number of anilines is 4. The second kappa shape index (κ2) is 26.3. The number of benzene rings is 2. The molecule has 16 rings (SSSR count). The number of aromatic nitrogens is 8. The Morgan fingerprint density at radius 1 is 0.634 bits per heavy atom. The summed E-state index contributed by atoms with van der Waals surface area (Å²) < 4.78 is 72.4. The summed E-state index contributed by atoms with van der Waals surface area (Å²) in [4.78, 5) is 71.6. The lowest BCUT2D eigenvalue weighted by Gasteiger charge is -2.45. The Labute approximate surface area is 587 Å². The number of rotatable bonds is 11. The highest BCUT2D eigenvalue weighted by Gasteiger charge is 2.53. The Bertz CT molecular complexity index is 4200. The summed E-state index contributed by atoms with van der Waals surface area (Å²) in [5, 5.41) is 19.5. The molecule has 10 aliphatic rings. The van der Waals surface area contributed by atoms with Gasteiger partial charge in [-0.1, -0.05) is 12.1 Å². The Hall–Kier alpha value is -8.15. The number of hydrogen-bond donors (Lipinski definition) is 2. The molecule has 3 amide bonds. The van der Waals surface area contributed by atoms with Gasteiger partial charge in [-0.15, -0.1) is 0 Å². The summed E-state index contributed by atoms with van der Waals surface area (Å²) in [6.07, 6.45) is 4.05. The number of nitrogens with zero attached hydrogens (tertiary/aromatic N) is 15. The van der Waals surface area contributed by atoms with E-state index in [1.54, 1.807) is 33.1 Å². The minimum atomic E-state index is -1.04. The van der Waals surface area contributed by atoms with Crippen molar-refractivity contribution in [1.29, 1.82) is 0 Å². The van der Waals surface area contributed by atoms with Crippen molar-refractivity contribution in [3.8, 4) is 12.0 Å². The lowest BCUT2D eigenvalue weighted by Crippen LogP contribution is -2.47. The number of carbonyl (C=O) groups is 3. The first-order valence-electron chi connectivity index (χ1n) is 35.8. The Kier molecular flexibility index (Phi) is 17.9. The number of amides is 3. The zero-order valence-corrected chi connectivity index (χ0v) is 59.5. The molecule has 3 N–H and O–H groups in total. The molecule has 0 bridgehead atoms. The van der Waals surface area contributed by atoms with E-state index in [1.807, 2.05) is 92.5 Å². The van der Waals surface area contributed by atoms with E-state index in [9.17, 15) is 28.3 Å². The normalized spacial score (nSPS) is 27.4. The molecule has 2 aromatic carbocycles. The number of ether oxygens (including phenoxy) is 6. The van der Waals surface area contributed by atoms with Gasteiger partial charge in [-0.2, -0.15) is 30.1 Å². The highest BCUT2D eigenvalue weighted by Crippen LogP contribution is 2.50. The number of hydrogen-bond acceptors (Lipinski definition) is 20. The van der Waals surface area contributed by atoms with Crippen molar-refractivity contribution in [2.75, 3.05) is 114 Å². The summed E-state index contributed by atoms with van der Waals surface area (Å²) in [7, 11) is 6.90. The van der Waals surface area contributed by atoms with Crippen LogP contribution in [0.5, 0.6) is 12.0 Å². The van der Waals surface area contributed by atoms with Gasteiger partial charge in [0.2, 0.25) is 0 Å². The number of fused-ring (bicyclic) bond motifs is 10. The van der Waals surface area contributed by atoms with E-state index in [0.29, 0.717) is 126 Å². The van der Waals surface area contributed by atoms with Crippen LogP contribution in [0.25, 0.3) is 0 Å². The van der Waals surface area contributed by atoms with Crippen LogP contribution in [0.2, 0.25) is 0 Å². The van der Waals surface area contributed by atoms with Crippen LogP contribution in [-0.4, -0.2) is 205 Å². The highest BCUT2D eigenvalue weighted by molar-refractivity contribution is 5.92. The van der Waals surface area contributed by atoms with Crippen molar-refractivity contribution in [1.82, 2.24) is 59.1 Å². The predicted molar refractivity (Wildman–Crippen MR) is 370 cm³/mol. The number of nitrogen functional groups attached to an aromatic ring is 1. The van der Waals surface area contributed by atoms with E-state index in [0.717, 1.165) is 120 Å². The van der Waals surface area contributed by atoms with Gasteiger partial charge in [0.25, 0.3) is 11.8 Å². The lowest BCUT2D eigenvalue weighted by atomic mass is 9.80. The average Bonchev–Trinajstić information content (AvgIpc) is 1.71. The molecule has 6 aromatic rings. The molecule has 540 valence electrons. The van der Waals surface area contributed by atoms with E-state index < -0.39 is 35.2 Å². The van der Waals surface area contributed by atoms with Gasteiger partial charge >= 0.3 is 18.1 Å². The van der Waals surface area contributed by atoms with Crippen molar-refractivity contribution in [2.45, 2.75) is 191 Å². The smallest absolute Gasteiger partial charge is 0.412 e. The number of nitrogens with two attached hydrogens (primary N) is 1. The Balaban J connectivity index is 0.000000165. The summed E-state index contributed by atoms with van der Waals surface area (Å²) in [5.41, 5.74) is 14.4. The molecule has 101 heavy (non-hydrogen) atoms. The molecular formula is C73H94F2N16O10. The number of halogens is 2. The molecule has 28 heteroatoms. The largest absolute Gasteiger partial charge is 0.465 e.